The van der Waals surface area contributed by atoms with Crippen LogP contribution in [0.1, 0.15) is 10.4 Å². The molecular formula is C11H15N3O3. The monoisotopic (exact) mass is 237 g/mol. The van der Waals surface area contributed by atoms with E-state index in [1.165, 1.54) is 12.4 Å². The predicted octanol–water partition coefficient (Wildman–Crippen LogP) is 0.139. The third-order valence-electron chi connectivity index (χ3n) is 2.90. The molecular weight excluding hydrogens is 222 g/mol. The van der Waals surface area contributed by atoms with Gasteiger partial charge in [0.15, 0.2) is 6.29 Å². The minimum Gasteiger partial charge on any atom is -0.377 e. The second kappa shape index (κ2) is 5.20. The molecule has 0 radical (unpaired) electrons. The van der Waals surface area contributed by atoms with Crippen LogP contribution < -0.4 is 4.90 Å². The first kappa shape index (κ1) is 11.9. The van der Waals surface area contributed by atoms with E-state index in [4.69, 9.17) is 9.47 Å². The molecule has 2 rings (SSSR count). The van der Waals surface area contributed by atoms with Crippen molar-refractivity contribution in [2.24, 2.45) is 0 Å². The fourth-order valence-corrected chi connectivity index (χ4v) is 1.92. The Morgan fingerprint density at radius 2 is 1.76 bits per heavy atom. The average Bonchev–Trinajstić information content (AvgIpc) is 2.82. The van der Waals surface area contributed by atoms with E-state index in [2.05, 4.69) is 9.97 Å². The van der Waals surface area contributed by atoms with Crippen LogP contribution in [0.15, 0.2) is 12.4 Å². The van der Waals surface area contributed by atoms with Gasteiger partial charge >= 0.3 is 0 Å². The molecule has 2 heterocycles. The Kier molecular flexibility index (Phi) is 3.65. The lowest BCUT2D eigenvalue weighted by Gasteiger charge is -2.14. The molecule has 1 fully saturated rings. The molecule has 1 saturated heterocycles. The van der Waals surface area contributed by atoms with Gasteiger partial charge in [0.25, 0.3) is 0 Å². The number of nitrogens with zero attached hydrogens (tertiary/aromatic N) is 3. The third kappa shape index (κ3) is 2.42. The van der Waals surface area contributed by atoms with Crippen molar-refractivity contribution in [2.75, 3.05) is 32.2 Å². The number of hydrogen-bond acceptors (Lipinski definition) is 6. The molecule has 1 aliphatic rings. The fourth-order valence-electron chi connectivity index (χ4n) is 1.92. The first-order valence-electron chi connectivity index (χ1n) is 5.36. The topological polar surface area (TPSA) is 64.5 Å². The van der Waals surface area contributed by atoms with Crippen molar-refractivity contribution >= 4 is 12.2 Å². The van der Waals surface area contributed by atoms with Gasteiger partial charge in [-0.15, -0.1) is 0 Å². The third-order valence-corrected chi connectivity index (χ3v) is 2.90. The summed E-state index contributed by atoms with van der Waals surface area (Å²) in [5.41, 5.74) is 0.472. The molecule has 1 aromatic heterocycles. The smallest absolute Gasteiger partial charge is 0.225 e. The second-order valence-electron chi connectivity index (χ2n) is 3.89. The van der Waals surface area contributed by atoms with Gasteiger partial charge in [0, 0.05) is 39.7 Å². The lowest BCUT2D eigenvalue weighted by atomic mass is 10.3. The van der Waals surface area contributed by atoms with Crippen molar-refractivity contribution in [3.8, 4) is 0 Å². The van der Waals surface area contributed by atoms with Crippen molar-refractivity contribution in [1.29, 1.82) is 0 Å². The summed E-state index contributed by atoms with van der Waals surface area (Å²) in [4.78, 5) is 20.8. The van der Waals surface area contributed by atoms with E-state index in [9.17, 15) is 4.79 Å². The number of aromatic nitrogens is 2. The Labute approximate surface area is 99.6 Å². The van der Waals surface area contributed by atoms with Crippen molar-refractivity contribution in [1.82, 2.24) is 9.97 Å². The quantitative estimate of drug-likeness (QED) is 0.694. The summed E-state index contributed by atoms with van der Waals surface area (Å²) in [6.07, 6.45) is 3.79. The van der Waals surface area contributed by atoms with Gasteiger partial charge in [-0.2, -0.15) is 0 Å². The first-order valence-corrected chi connectivity index (χ1v) is 5.36. The van der Waals surface area contributed by atoms with E-state index in [0.717, 1.165) is 6.29 Å². The molecule has 1 aliphatic heterocycles. The average molecular weight is 237 g/mol. The zero-order chi connectivity index (χ0) is 12.3. The molecule has 0 aliphatic carbocycles. The highest BCUT2D eigenvalue weighted by atomic mass is 16.5. The number of anilines is 1. The van der Waals surface area contributed by atoms with E-state index < -0.39 is 0 Å². The van der Waals surface area contributed by atoms with Crippen LogP contribution in [0.4, 0.5) is 5.95 Å². The maximum Gasteiger partial charge on any atom is 0.225 e. The Morgan fingerprint density at radius 3 is 2.18 bits per heavy atom. The van der Waals surface area contributed by atoms with E-state index in [1.807, 2.05) is 4.90 Å². The van der Waals surface area contributed by atoms with E-state index >= 15 is 0 Å². The van der Waals surface area contributed by atoms with Crippen LogP contribution in [-0.2, 0) is 9.47 Å². The molecule has 0 N–H and O–H groups in total. The summed E-state index contributed by atoms with van der Waals surface area (Å²) in [5, 5.41) is 0. The van der Waals surface area contributed by atoms with Gasteiger partial charge in [0.05, 0.1) is 5.56 Å². The molecule has 6 heteroatoms. The van der Waals surface area contributed by atoms with Crippen LogP contribution in [0.2, 0.25) is 0 Å². The Morgan fingerprint density at radius 1 is 1.24 bits per heavy atom. The summed E-state index contributed by atoms with van der Waals surface area (Å²) in [7, 11) is 3.33. The largest absolute Gasteiger partial charge is 0.377 e. The number of aldehydes is 1. The Hall–Kier alpha value is -1.53. The lowest BCUT2D eigenvalue weighted by Crippen LogP contribution is -2.27. The molecule has 0 spiro atoms. The molecule has 92 valence electrons. The zero-order valence-electron chi connectivity index (χ0n) is 9.87. The van der Waals surface area contributed by atoms with Crippen LogP contribution in [0, 0.1) is 0 Å². The standard InChI is InChI=1S/C11H15N3O3/c1-16-9-5-14(6-10(9)17-2)11-12-3-8(7-15)4-13-11/h3-4,7,9-10H,5-6H2,1-2H3. The maximum atomic E-state index is 10.5. The van der Waals surface area contributed by atoms with Crippen molar-refractivity contribution < 1.29 is 14.3 Å². The maximum absolute atomic E-state index is 10.5. The summed E-state index contributed by atoms with van der Waals surface area (Å²) >= 11 is 0. The zero-order valence-corrected chi connectivity index (χ0v) is 9.87. The number of hydrogen-bond donors (Lipinski definition) is 0. The summed E-state index contributed by atoms with van der Waals surface area (Å²) in [6.45, 7) is 1.38. The van der Waals surface area contributed by atoms with Gasteiger partial charge in [0.2, 0.25) is 5.95 Å². The molecule has 2 atom stereocenters. The highest BCUT2D eigenvalue weighted by Gasteiger charge is 2.34. The van der Waals surface area contributed by atoms with Gasteiger partial charge in [-0.1, -0.05) is 0 Å². The van der Waals surface area contributed by atoms with Gasteiger partial charge < -0.3 is 14.4 Å². The molecule has 2 unspecified atom stereocenters. The van der Waals surface area contributed by atoms with Crippen LogP contribution >= 0.6 is 0 Å². The highest BCUT2D eigenvalue weighted by Crippen LogP contribution is 2.19. The SMILES string of the molecule is COC1CN(c2ncc(C=O)cn2)CC1OC. The molecule has 0 bridgehead atoms. The number of ether oxygens (including phenoxy) is 2. The van der Waals surface area contributed by atoms with E-state index in [1.54, 1.807) is 14.2 Å². The number of carbonyl (C=O) groups is 1. The highest BCUT2D eigenvalue weighted by molar-refractivity contribution is 5.73. The predicted molar refractivity (Wildman–Crippen MR) is 61.2 cm³/mol. The van der Waals surface area contributed by atoms with Gasteiger partial charge in [-0.05, 0) is 0 Å². The number of methoxy groups -OCH3 is 2. The Balaban J connectivity index is 2.10. The van der Waals surface area contributed by atoms with Crippen LogP contribution in [0.5, 0.6) is 0 Å². The van der Waals surface area contributed by atoms with Gasteiger partial charge in [-0.3, -0.25) is 4.79 Å². The molecule has 1 aromatic rings. The van der Waals surface area contributed by atoms with Crippen molar-refractivity contribution in [3.05, 3.63) is 18.0 Å². The minimum atomic E-state index is 0.0225. The van der Waals surface area contributed by atoms with Crippen LogP contribution in [-0.4, -0.2) is 55.8 Å². The van der Waals surface area contributed by atoms with Crippen LogP contribution in [0.25, 0.3) is 0 Å². The van der Waals surface area contributed by atoms with Gasteiger partial charge in [-0.25, -0.2) is 9.97 Å². The fraction of sp³-hybridized carbons (Fsp3) is 0.545. The van der Waals surface area contributed by atoms with E-state index in [-0.39, 0.29) is 12.2 Å². The van der Waals surface area contributed by atoms with E-state index in [0.29, 0.717) is 24.6 Å². The normalized spacial score (nSPS) is 24.0. The van der Waals surface area contributed by atoms with Gasteiger partial charge in [0.1, 0.15) is 12.2 Å². The number of carbonyl (C=O) groups excluding carboxylic acids is 1. The Bertz CT molecular complexity index is 370. The molecule has 17 heavy (non-hydrogen) atoms. The first-order chi connectivity index (χ1) is 8.28. The molecule has 0 amide bonds. The minimum absolute atomic E-state index is 0.0225. The molecule has 0 saturated carbocycles. The summed E-state index contributed by atoms with van der Waals surface area (Å²) in [5.74, 6) is 0.595. The molecule has 6 nitrogen and oxygen atoms in total. The summed E-state index contributed by atoms with van der Waals surface area (Å²) < 4.78 is 10.7. The van der Waals surface area contributed by atoms with Crippen LogP contribution in [0.3, 0.4) is 0 Å². The molecule has 0 aromatic carbocycles. The van der Waals surface area contributed by atoms with Crippen molar-refractivity contribution in [2.45, 2.75) is 12.2 Å². The van der Waals surface area contributed by atoms with Crippen molar-refractivity contribution in [3.63, 3.8) is 0 Å². The number of rotatable bonds is 4. The summed E-state index contributed by atoms with van der Waals surface area (Å²) in [6, 6.07) is 0. The second-order valence-corrected chi connectivity index (χ2v) is 3.89. The lowest BCUT2D eigenvalue weighted by molar-refractivity contribution is -0.00461.